The lowest BCUT2D eigenvalue weighted by molar-refractivity contribution is 0.00578. The largest absolute Gasteiger partial charge is 0.497 e. The molecule has 0 atom stereocenters. The molecule has 1 aromatic rings. The predicted octanol–water partition coefficient (Wildman–Crippen LogP) is 1.63. The van der Waals surface area contributed by atoms with Crippen LogP contribution in [-0.2, 0) is 9.31 Å². The van der Waals surface area contributed by atoms with Gasteiger partial charge in [-0.2, -0.15) is 0 Å². The quantitative estimate of drug-likeness (QED) is 0.650. The molecule has 0 unspecified atom stereocenters. The van der Waals surface area contributed by atoms with E-state index in [4.69, 9.17) is 15.0 Å². The Labute approximate surface area is 116 Å². The van der Waals surface area contributed by atoms with Crippen molar-refractivity contribution in [2.75, 3.05) is 24.7 Å². The van der Waals surface area contributed by atoms with Gasteiger partial charge in [0.25, 0.3) is 0 Å². The topological polar surface area (TPSA) is 47.7 Å². The molecule has 0 bridgehead atoms. The first-order valence-corrected chi connectivity index (χ1v) is 6.57. The molecule has 2 N–H and O–H groups in total. The minimum atomic E-state index is -0.383. The third-order valence-corrected chi connectivity index (χ3v) is 4.05. The first kappa shape index (κ1) is 14.2. The first-order chi connectivity index (χ1) is 8.66. The summed E-state index contributed by atoms with van der Waals surface area (Å²) in [4.78, 5) is 2.00. The highest BCUT2D eigenvalue weighted by atomic mass is 16.7. The van der Waals surface area contributed by atoms with E-state index in [1.165, 1.54) is 0 Å². The Kier molecular flexibility index (Phi) is 3.31. The predicted molar refractivity (Wildman–Crippen MR) is 80.9 cm³/mol. The average Bonchev–Trinajstić information content (AvgIpc) is 2.47. The molecule has 0 radical (unpaired) electrons. The van der Waals surface area contributed by atoms with Gasteiger partial charge in [0.2, 0.25) is 0 Å². The molecule has 19 heavy (non-hydrogen) atoms. The van der Waals surface area contributed by atoms with E-state index in [1.54, 1.807) is 0 Å². The molecule has 1 aliphatic rings. The molecule has 2 rings (SSSR count). The molecule has 104 valence electrons. The number of benzene rings is 1. The van der Waals surface area contributed by atoms with Crippen LogP contribution in [0.5, 0.6) is 0 Å². The maximum Gasteiger partial charge on any atom is 0.497 e. The van der Waals surface area contributed by atoms with Crippen LogP contribution in [-0.4, -0.2) is 32.4 Å². The minimum Gasteiger partial charge on any atom is -0.399 e. The van der Waals surface area contributed by atoms with Gasteiger partial charge < -0.3 is 19.9 Å². The fraction of sp³-hybridized carbons (Fsp3) is 0.571. The average molecular weight is 262 g/mol. The molecular weight excluding hydrogens is 239 g/mol. The van der Waals surface area contributed by atoms with Gasteiger partial charge in [0.15, 0.2) is 0 Å². The summed E-state index contributed by atoms with van der Waals surface area (Å²) in [7, 11) is 3.56. The molecule has 5 heteroatoms. The van der Waals surface area contributed by atoms with Gasteiger partial charge in [-0.15, -0.1) is 0 Å². The standard InChI is InChI=1S/C14H23BN2O2/c1-13(2)14(3,4)19-15(18-13)10-8-7-9-11(16)12(10)17(5)6/h7-9H,16H2,1-6H3. The number of nitrogens with two attached hydrogens (primary N) is 1. The summed E-state index contributed by atoms with van der Waals surface area (Å²) >= 11 is 0. The molecule has 0 spiro atoms. The minimum absolute atomic E-state index is 0.341. The third-order valence-electron chi connectivity index (χ3n) is 4.05. The van der Waals surface area contributed by atoms with Crippen LogP contribution in [0.15, 0.2) is 18.2 Å². The van der Waals surface area contributed by atoms with Crippen LogP contribution in [0.25, 0.3) is 0 Å². The van der Waals surface area contributed by atoms with Crippen molar-refractivity contribution in [1.29, 1.82) is 0 Å². The van der Waals surface area contributed by atoms with Crippen LogP contribution in [0.2, 0.25) is 0 Å². The maximum atomic E-state index is 6.09. The van der Waals surface area contributed by atoms with Crippen LogP contribution in [0.3, 0.4) is 0 Å². The van der Waals surface area contributed by atoms with E-state index in [0.29, 0.717) is 0 Å². The second-order valence-corrected chi connectivity index (χ2v) is 6.27. The van der Waals surface area contributed by atoms with Gasteiger partial charge in [-0.05, 0) is 33.8 Å². The van der Waals surface area contributed by atoms with Crippen LogP contribution in [0.4, 0.5) is 11.4 Å². The lowest BCUT2D eigenvalue weighted by Crippen LogP contribution is -2.41. The zero-order valence-electron chi connectivity index (χ0n) is 12.7. The molecule has 0 saturated carbocycles. The van der Waals surface area contributed by atoms with Crippen molar-refractivity contribution in [2.45, 2.75) is 38.9 Å². The third kappa shape index (κ3) is 2.32. The van der Waals surface area contributed by atoms with Gasteiger partial charge in [0, 0.05) is 19.6 Å². The zero-order chi connectivity index (χ0) is 14.4. The summed E-state index contributed by atoms with van der Waals surface area (Å²) in [5.41, 5.74) is 8.06. The number of rotatable bonds is 2. The fourth-order valence-corrected chi connectivity index (χ4v) is 2.26. The fourth-order valence-electron chi connectivity index (χ4n) is 2.26. The zero-order valence-corrected chi connectivity index (χ0v) is 12.7. The van der Waals surface area contributed by atoms with E-state index in [9.17, 15) is 0 Å². The molecule has 1 aliphatic heterocycles. The summed E-state index contributed by atoms with van der Waals surface area (Å²) in [5.74, 6) is 0. The molecular formula is C14H23BN2O2. The number of nitrogens with zero attached hydrogens (tertiary/aromatic N) is 1. The number of nitrogen functional groups attached to an aromatic ring is 1. The Morgan fingerprint density at radius 1 is 1.05 bits per heavy atom. The number of hydrogen-bond acceptors (Lipinski definition) is 4. The summed E-state index contributed by atoms with van der Waals surface area (Å²) < 4.78 is 12.2. The smallest absolute Gasteiger partial charge is 0.399 e. The van der Waals surface area contributed by atoms with Crippen molar-refractivity contribution in [1.82, 2.24) is 0 Å². The molecule has 1 aromatic carbocycles. The Morgan fingerprint density at radius 2 is 1.58 bits per heavy atom. The Morgan fingerprint density at radius 3 is 2.05 bits per heavy atom. The molecule has 0 aromatic heterocycles. The van der Waals surface area contributed by atoms with Gasteiger partial charge in [-0.25, -0.2) is 0 Å². The van der Waals surface area contributed by atoms with E-state index >= 15 is 0 Å². The number of hydrogen-bond donors (Lipinski definition) is 1. The van der Waals surface area contributed by atoms with Crippen LogP contribution < -0.4 is 16.1 Å². The van der Waals surface area contributed by atoms with E-state index in [2.05, 4.69) is 27.7 Å². The van der Waals surface area contributed by atoms with E-state index in [-0.39, 0.29) is 18.3 Å². The monoisotopic (exact) mass is 262 g/mol. The molecule has 0 amide bonds. The highest BCUT2D eigenvalue weighted by Gasteiger charge is 2.52. The van der Waals surface area contributed by atoms with Crippen LogP contribution >= 0.6 is 0 Å². The summed E-state index contributed by atoms with van der Waals surface area (Å²) in [5, 5.41) is 0. The SMILES string of the molecule is CN(C)c1c(N)cccc1B1OC(C)(C)C(C)(C)O1. The summed E-state index contributed by atoms with van der Waals surface area (Å²) in [6, 6.07) is 5.83. The van der Waals surface area contributed by atoms with E-state index in [1.807, 2.05) is 37.2 Å². The van der Waals surface area contributed by atoms with E-state index in [0.717, 1.165) is 16.8 Å². The van der Waals surface area contributed by atoms with Gasteiger partial charge >= 0.3 is 7.12 Å². The number of anilines is 2. The Bertz CT molecular complexity index is 470. The van der Waals surface area contributed by atoms with Crippen molar-refractivity contribution in [3.05, 3.63) is 18.2 Å². The second kappa shape index (κ2) is 4.42. The lowest BCUT2D eigenvalue weighted by Gasteiger charge is -2.32. The van der Waals surface area contributed by atoms with Crippen LogP contribution in [0.1, 0.15) is 27.7 Å². The maximum absolute atomic E-state index is 6.09. The molecule has 0 aliphatic carbocycles. The summed E-state index contributed by atoms with van der Waals surface area (Å²) in [6.07, 6.45) is 0. The molecule has 1 heterocycles. The van der Waals surface area contributed by atoms with E-state index < -0.39 is 0 Å². The highest BCUT2D eigenvalue weighted by Crippen LogP contribution is 2.37. The van der Waals surface area contributed by atoms with Crippen molar-refractivity contribution in [3.8, 4) is 0 Å². The summed E-state index contributed by atoms with van der Waals surface area (Å²) in [6.45, 7) is 8.20. The van der Waals surface area contributed by atoms with Crippen molar-refractivity contribution in [3.63, 3.8) is 0 Å². The lowest BCUT2D eigenvalue weighted by atomic mass is 9.77. The normalized spacial score (nSPS) is 20.6. The van der Waals surface area contributed by atoms with Crippen molar-refractivity contribution >= 4 is 24.0 Å². The first-order valence-electron chi connectivity index (χ1n) is 6.57. The molecule has 1 fully saturated rings. The molecule has 4 nitrogen and oxygen atoms in total. The van der Waals surface area contributed by atoms with Crippen molar-refractivity contribution in [2.24, 2.45) is 0 Å². The van der Waals surface area contributed by atoms with Crippen molar-refractivity contribution < 1.29 is 9.31 Å². The number of para-hydroxylation sites is 1. The van der Waals surface area contributed by atoms with Gasteiger partial charge in [0.1, 0.15) is 0 Å². The van der Waals surface area contributed by atoms with Gasteiger partial charge in [-0.3, -0.25) is 0 Å². The van der Waals surface area contributed by atoms with Gasteiger partial charge in [-0.1, -0.05) is 12.1 Å². The Balaban J connectivity index is 2.43. The Hall–Kier alpha value is -1.20. The highest BCUT2D eigenvalue weighted by molar-refractivity contribution is 6.64. The second-order valence-electron chi connectivity index (χ2n) is 6.27. The molecule has 1 saturated heterocycles. The van der Waals surface area contributed by atoms with Crippen LogP contribution in [0, 0.1) is 0 Å². The van der Waals surface area contributed by atoms with Gasteiger partial charge in [0.05, 0.1) is 22.6 Å².